The Hall–Kier alpha value is -0.0700. The summed E-state index contributed by atoms with van der Waals surface area (Å²) in [5.41, 5.74) is 0. The van der Waals surface area contributed by atoms with E-state index >= 15 is 0 Å². The van der Waals surface area contributed by atoms with Crippen molar-refractivity contribution in [1.29, 1.82) is 0 Å². The smallest absolute Gasteiger partial charge is 0.207 e. The van der Waals surface area contributed by atoms with Crippen LogP contribution in [0.5, 0.6) is 0 Å². The first kappa shape index (κ1) is 13.9. The van der Waals surface area contributed by atoms with Gasteiger partial charge in [-0.15, -0.1) is 11.3 Å². The number of sulfonamides is 1. The van der Waals surface area contributed by atoms with Gasteiger partial charge in [-0.2, -0.15) is 4.31 Å². The Kier molecular flexibility index (Phi) is 3.47. The monoisotopic (exact) mass is 337 g/mol. The maximum absolute atomic E-state index is 12.6. The quantitative estimate of drug-likeness (QED) is 0.789. The van der Waals surface area contributed by atoms with Crippen LogP contribution in [0.1, 0.15) is 12.8 Å². The Labute approximate surface area is 126 Å². The summed E-state index contributed by atoms with van der Waals surface area (Å²) < 4.78 is 27.3. The summed E-state index contributed by atoms with van der Waals surface area (Å²) in [6.45, 7) is 0. The Morgan fingerprint density at radius 3 is 2.53 bits per heavy atom. The van der Waals surface area contributed by atoms with Crippen molar-refractivity contribution in [2.24, 2.45) is 11.8 Å². The fourth-order valence-electron chi connectivity index (χ4n) is 3.00. The van der Waals surface area contributed by atoms with Gasteiger partial charge in [0, 0.05) is 13.1 Å². The molecule has 2 bridgehead atoms. The number of hydrogen-bond acceptors (Lipinski definition) is 3. The normalized spacial score (nSPS) is 29.6. The summed E-state index contributed by atoms with van der Waals surface area (Å²) in [7, 11) is -1.93. The molecule has 104 valence electrons. The molecule has 3 rings (SSSR count). The molecule has 2 aliphatic rings. The largest absolute Gasteiger partial charge is 0.245 e. The van der Waals surface area contributed by atoms with E-state index in [1.807, 2.05) is 0 Å². The molecule has 0 aliphatic heterocycles. The third-order valence-corrected chi connectivity index (χ3v) is 7.63. The molecular formula is C12H13Cl2NO2S2. The maximum Gasteiger partial charge on any atom is 0.245 e. The van der Waals surface area contributed by atoms with Crippen LogP contribution in [0.4, 0.5) is 0 Å². The molecule has 1 aromatic rings. The standard InChI is InChI=1S/C12H13Cl2NO2S2/c1-15(9-5-7-2-3-8(9)4-7)19(16,17)10-6-11(13)18-12(10)14/h2-3,6-9H,4-5H2,1H3. The Balaban J connectivity index is 1.92. The van der Waals surface area contributed by atoms with Gasteiger partial charge in [0.1, 0.15) is 9.23 Å². The fraction of sp³-hybridized carbons (Fsp3) is 0.500. The zero-order valence-electron chi connectivity index (χ0n) is 10.2. The molecule has 3 unspecified atom stereocenters. The summed E-state index contributed by atoms with van der Waals surface area (Å²) in [5.74, 6) is 0.854. The van der Waals surface area contributed by atoms with Crippen LogP contribution in [0, 0.1) is 11.8 Å². The van der Waals surface area contributed by atoms with Gasteiger partial charge in [0.2, 0.25) is 10.0 Å². The summed E-state index contributed by atoms with van der Waals surface area (Å²) in [4.78, 5) is 0.124. The minimum Gasteiger partial charge on any atom is -0.207 e. The van der Waals surface area contributed by atoms with E-state index in [1.54, 1.807) is 7.05 Å². The topological polar surface area (TPSA) is 37.4 Å². The first-order valence-electron chi connectivity index (χ1n) is 6.01. The van der Waals surface area contributed by atoms with E-state index in [0.717, 1.165) is 24.2 Å². The highest BCUT2D eigenvalue weighted by atomic mass is 35.5. The minimum absolute atomic E-state index is 0.0368. The van der Waals surface area contributed by atoms with Gasteiger partial charge in [-0.25, -0.2) is 8.42 Å². The zero-order valence-corrected chi connectivity index (χ0v) is 13.4. The number of rotatable bonds is 3. The molecule has 1 saturated carbocycles. The second kappa shape index (κ2) is 4.74. The van der Waals surface area contributed by atoms with Crippen molar-refractivity contribution < 1.29 is 8.42 Å². The van der Waals surface area contributed by atoms with E-state index in [0.29, 0.717) is 16.2 Å². The lowest BCUT2D eigenvalue weighted by Crippen LogP contribution is -2.39. The van der Waals surface area contributed by atoms with Crippen molar-refractivity contribution in [3.63, 3.8) is 0 Å². The van der Waals surface area contributed by atoms with Crippen molar-refractivity contribution in [1.82, 2.24) is 4.31 Å². The summed E-state index contributed by atoms with van der Waals surface area (Å²) in [5, 5.41) is 0. The number of nitrogens with zero attached hydrogens (tertiary/aromatic N) is 1. The van der Waals surface area contributed by atoms with Crippen LogP contribution in [0.2, 0.25) is 8.67 Å². The van der Waals surface area contributed by atoms with E-state index in [4.69, 9.17) is 23.2 Å². The molecule has 0 spiro atoms. The van der Waals surface area contributed by atoms with Crippen molar-refractivity contribution in [2.45, 2.75) is 23.8 Å². The van der Waals surface area contributed by atoms with Crippen LogP contribution >= 0.6 is 34.5 Å². The molecule has 1 fully saturated rings. The predicted octanol–water partition coefficient (Wildman–Crippen LogP) is 3.64. The number of fused-ring (bicyclic) bond motifs is 2. The van der Waals surface area contributed by atoms with Crippen molar-refractivity contribution in [3.05, 3.63) is 26.9 Å². The lowest BCUT2D eigenvalue weighted by atomic mass is 10.0. The predicted molar refractivity (Wildman–Crippen MR) is 78.4 cm³/mol. The fourth-order valence-corrected chi connectivity index (χ4v) is 6.53. The van der Waals surface area contributed by atoms with Crippen LogP contribution in [-0.2, 0) is 10.0 Å². The molecule has 0 aromatic carbocycles. The molecule has 0 saturated heterocycles. The Morgan fingerprint density at radius 1 is 1.32 bits per heavy atom. The second-order valence-electron chi connectivity index (χ2n) is 5.06. The van der Waals surface area contributed by atoms with Crippen LogP contribution in [-0.4, -0.2) is 25.8 Å². The highest BCUT2D eigenvalue weighted by Crippen LogP contribution is 2.44. The summed E-state index contributed by atoms with van der Waals surface area (Å²) in [6, 6.07) is 1.47. The van der Waals surface area contributed by atoms with Crippen molar-refractivity contribution in [3.8, 4) is 0 Å². The summed E-state index contributed by atoms with van der Waals surface area (Å²) >= 11 is 12.9. The van der Waals surface area contributed by atoms with Gasteiger partial charge in [0.15, 0.2) is 0 Å². The van der Waals surface area contributed by atoms with Gasteiger partial charge >= 0.3 is 0 Å². The Morgan fingerprint density at radius 2 is 2.05 bits per heavy atom. The van der Waals surface area contributed by atoms with Gasteiger partial charge in [-0.05, 0) is 30.7 Å². The highest BCUT2D eigenvalue weighted by molar-refractivity contribution is 7.89. The molecule has 1 aromatic heterocycles. The average Bonchev–Trinajstić information content (AvgIpc) is 3.03. The first-order chi connectivity index (χ1) is 8.89. The van der Waals surface area contributed by atoms with Crippen LogP contribution < -0.4 is 0 Å². The molecule has 2 aliphatic carbocycles. The molecule has 3 atom stereocenters. The van der Waals surface area contributed by atoms with Gasteiger partial charge < -0.3 is 0 Å². The third-order valence-electron chi connectivity index (χ3n) is 3.99. The van der Waals surface area contributed by atoms with E-state index in [1.165, 1.54) is 10.4 Å². The molecular weight excluding hydrogens is 325 g/mol. The van der Waals surface area contributed by atoms with E-state index in [-0.39, 0.29) is 15.3 Å². The molecule has 3 nitrogen and oxygen atoms in total. The van der Waals surface area contributed by atoms with E-state index in [2.05, 4.69) is 12.2 Å². The average molecular weight is 338 g/mol. The molecule has 7 heteroatoms. The third kappa shape index (κ3) is 2.25. The molecule has 0 amide bonds. The van der Waals surface area contributed by atoms with Gasteiger partial charge in [-0.3, -0.25) is 0 Å². The van der Waals surface area contributed by atoms with E-state index < -0.39 is 10.0 Å². The zero-order chi connectivity index (χ0) is 13.8. The van der Waals surface area contributed by atoms with Crippen LogP contribution in [0.15, 0.2) is 23.1 Å². The SMILES string of the molecule is CN(C1CC2C=CC1C2)S(=O)(=O)c1cc(Cl)sc1Cl. The number of halogens is 2. The Bertz CT molecular complexity index is 638. The van der Waals surface area contributed by atoms with Gasteiger partial charge in [0.05, 0.1) is 4.34 Å². The van der Waals surface area contributed by atoms with Crippen LogP contribution in [0.3, 0.4) is 0 Å². The molecule has 1 heterocycles. The number of hydrogen-bond donors (Lipinski definition) is 0. The summed E-state index contributed by atoms with van der Waals surface area (Å²) in [6.07, 6.45) is 6.28. The lowest BCUT2D eigenvalue weighted by Gasteiger charge is -2.28. The molecule has 0 radical (unpaired) electrons. The van der Waals surface area contributed by atoms with Gasteiger partial charge in [0.25, 0.3) is 0 Å². The van der Waals surface area contributed by atoms with Crippen molar-refractivity contribution >= 4 is 44.6 Å². The van der Waals surface area contributed by atoms with Crippen LogP contribution in [0.25, 0.3) is 0 Å². The van der Waals surface area contributed by atoms with Crippen molar-refractivity contribution in [2.75, 3.05) is 7.05 Å². The van der Waals surface area contributed by atoms with Gasteiger partial charge in [-0.1, -0.05) is 35.4 Å². The molecule has 19 heavy (non-hydrogen) atoms. The number of thiophene rings is 1. The first-order valence-corrected chi connectivity index (χ1v) is 9.02. The second-order valence-corrected chi connectivity index (χ2v) is 9.31. The number of allylic oxidation sites excluding steroid dienone is 1. The maximum atomic E-state index is 12.6. The molecule has 0 N–H and O–H groups in total. The lowest BCUT2D eigenvalue weighted by molar-refractivity contribution is 0.327. The highest BCUT2D eigenvalue weighted by Gasteiger charge is 2.42. The minimum atomic E-state index is -3.56. The van der Waals surface area contributed by atoms with E-state index in [9.17, 15) is 8.42 Å².